The molecule has 0 bridgehead atoms. The first kappa shape index (κ1) is 71.7. The van der Waals surface area contributed by atoms with Crippen molar-refractivity contribution >= 4 is 19.7 Å². The molecule has 0 fully saturated rings. The maximum absolute atomic E-state index is 13.5. The largest absolute Gasteiger partial charge is 0.497 e. The number of sulfone groups is 2. The maximum atomic E-state index is 13.5. The fourth-order valence-corrected chi connectivity index (χ4v) is 9.26. The third-order valence-corrected chi connectivity index (χ3v) is 13.8. The van der Waals surface area contributed by atoms with Gasteiger partial charge in [-0.15, -0.1) is 0 Å². The van der Waals surface area contributed by atoms with E-state index in [-0.39, 0.29) is 19.6 Å². The quantitative estimate of drug-likeness (QED) is 0.0933. The van der Waals surface area contributed by atoms with Crippen molar-refractivity contribution in [3.63, 3.8) is 0 Å². The first-order valence-corrected chi connectivity index (χ1v) is 30.9. The van der Waals surface area contributed by atoms with Gasteiger partial charge in [0.25, 0.3) is 0 Å². The van der Waals surface area contributed by atoms with Crippen LogP contribution < -0.4 is 23.7 Å². The number of ether oxygens (including phenoxy) is 5. The van der Waals surface area contributed by atoms with Crippen LogP contribution in [0.15, 0.2) is 214 Å². The van der Waals surface area contributed by atoms with E-state index in [1.807, 2.05) is 208 Å². The lowest BCUT2D eigenvalue weighted by molar-refractivity contribution is 0.414. The van der Waals surface area contributed by atoms with Crippen LogP contribution in [-0.2, 0) is 32.5 Å². The molecule has 0 aliphatic rings. The SMILES string of the molecule is CC.CC.CC.CC.CC.CC.CC.CC.COc1ccc(Cc2ccc(Oc3ccc(S(=O)(=O)c4ccc(Oc5ccc(Cc6ccc(Oc7ccc(S(=O)(=O)c8ccc(OC)cc8)cc7)cc6)cc5)cc4)cc3)cc2)cc1. The summed E-state index contributed by atoms with van der Waals surface area (Å²) in [7, 11) is -4.28. The standard InChI is InChI=1S/C52H42O9S2.8C2H6/c1-57-41-11-3-37(4-12-41)35-38-5-13-43(14-6-38)59-47-23-31-51(32-24-47)63(55,56)52-33-25-48(26-34-52)61-45-17-9-40(10-18-45)36-39-7-15-44(16-8-39)60-46-21-29-50(30-22-46)62(53,54)49-27-19-42(58-2)20-28-49;8*1-2/h3-34H,35-36H2,1-2H3;8*1-2H3. The summed E-state index contributed by atoms with van der Waals surface area (Å²) in [5.74, 6) is 4.83. The van der Waals surface area contributed by atoms with Crippen LogP contribution in [0.5, 0.6) is 46.0 Å². The third kappa shape index (κ3) is 22.9. The molecule has 9 nitrogen and oxygen atoms in total. The Morgan fingerprint density at radius 3 is 0.532 bits per heavy atom. The van der Waals surface area contributed by atoms with Gasteiger partial charge >= 0.3 is 0 Å². The lowest BCUT2D eigenvalue weighted by Gasteiger charge is -2.10. The molecular weight excluding hydrogens is 1020 g/mol. The molecule has 0 heterocycles. The highest BCUT2D eigenvalue weighted by Crippen LogP contribution is 2.31. The summed E-state index contributed by atoms with van der Waals surface area (Å²) in [6, 6.07) is 56.5. The highest BCUT2D eigenvalue weighted by Gasteiger charge is 2.19. The molecule has 428 valence electrons. The van der Waals surface area contributed by atoms with E-state index < -0.39 is 19.7 Å². The molecule has 0 unspecified atom stereocenters. The van der Waals surface area contributed by atoms with Crippen LogP contribution in [0.25, 0.3) is 0 Å². The van der Waals surface area contributed by atoms with Gasteiger partial charge in [0.05, 0.1) is 33.8 Å². The van der Waals surface area contributed by atoms with Gasteiger partial charge < -0.3 is 23.7 Å². The van der Waals surface area contributed by atoms with E-state index in [0.29, 0.717) is 46.7 Å². The smallest absolute Gasteiger partial charge is 0.206 e. The molecule has 0 aliphatic heterocycles. The van der Waals surface area contributed by atoms with Crippen LogP contribution in [0, 0.1) is 0 Å². The fraction of sp³-hybridized carbons (Fsp3) is 0.294. The normalized spacial score (nSPS) is 9.70. The Morgan fingerprint density at radius 1 is 0.228 bits per heavy atom. The number of hydrogen-bond acceptors (Lipinski definition) is 9. The van der Waals surface area contributed by atoms with Crippen molar-refractivity contribution in [1.82, 2.24) is 0 Å². The predicted molar refractivity (Wildman–Crippen MR) is 332 cm³/mol. The van der Waals surface area contributed by atoms with Crippen LogP contribution in [0.4, 0.5) is 0 Å². The first-order chi connectivity index (χ1) is 38.5. The van der Waals surface area contributed by atoms with Crippen molar-refractivity contribution in [2.24, 2.45) is 0 Å². The summed E-state index contributed by atoms with van der Waals surface area (Å²) in [5, 5.41) is 0. The fourth-order valence-electron chi connectivity index (χ4n) is 6.74. The molecule has 0 N–H and O–H groups in total. The van der Waals surface area contributed by atoms with E-state index in [4.69, 9.17) is 23.7 Å². The molecule has 0 aliphatic carbocycles. The minimum absolute atomic E-state index is 0.150. The number of methoxy groups -OCH3 is 2. The van der Waals surface area contributed by atoms with Crippen LogP contribution in [0.1, 0.15) is 133 Å². The second kappa shape index (κ2) is 40.8. The molecular formula is C68H90O9S2. The van der Waals surface area contributed by atoms with Gasteiger partial charge in [-0.3, -0.25) is 0 Å². The lowest BCUT2D eigenvalue weighted by Crippen LogP contribution is -2.01. The molecule has 0 saturated carbocycles. The van der Waals surface area contributed by atoms with Crippen molar-refractivity contribution in [3.8, 4) is 46.0 Å². The molecule has 0 atom stereocenters. The molecule has 79 heavy (non-hydrogen) atoms. The van der Waals surface area contributed by atoms with E-state index in [1.165, 1.54) is 49.1 Å². The van der Waals surface area contributed by atoms with Crippen LogP contribution in [0.2, 0.25) is 0 Å². The zero-order chi connectivity index (χ0) is 59.8. The zero-order valence-corrected chi connectivity index (χ0v) is 52.0. The predicted octanol–water partition coefficient (Wildman–Crippen LogP) is 20.1. The van der Waals surface area contributed by atoms with Crippen LogP contribution >= 0.6 is 0 Å². The van der Waals surface area contributed by atoms with Gasteiger partial charge in [-0.1, -0.05) is 159 Å². The summed E-state index contributed by atoms with van der Waals surface area (Å²) >= 11 is 0. The van der Waals surface area contributed by atoms with E-state index in [9.17, 15) is 16.8 Å². The Morgan fingerprint density at radius 2 is 0.367 bits per heavy atom. The molecule has 0 saturated heterocycles. The summed E-state index contributed by atoms with van der Waals surface area (Å²) in [4.78, 5) is 0.655. The summed E-state index contributed by atoms with van der Waals surface area (Å²) in [6.07, 6.45) is 1.46. The van der Waals surface area contributed by atoms with E-state index in [1.54, 1.807) is 67.8 Å². The van der Waals surface area contributed by atoms with Crippen molar-refractivity contribution in [3.05, 3.63) is 216 Å². The first-order valence-electron chi connectivity index (χ1n) is 27.9. The topological polar surface area (TPSA) is 114 Å². The molecule has 8 rings (SSSR count). The van der Waals surface area contributed by atoms with Gasteiger partial charge in [0.15, 0.2) is 0 Å². The Bertz CT molecular complexity index is 2990. The van der Waals surface area contributed by atoms with Crippen LogP contribution in [0.3, 0.4) is 0 Å². The van der Waals surface area contributed by atoms with Gasteiger partial charge in [0.1, 0.15) is 46.0 Å². The Kier molecular flexibility index (Phi) is 37.0. The molecule has 11 heteroatoms. The maximum Gasteiger partial charge on any atom is 0.206 e. The number of rotatable bonds is 16. The third-order valence-electron chi connectivity index (χ3n) is 10.2. The summed E-state index contributed by atoms with van der Waals surface area (Å²) in [6.45, 7) is 32.0. The number of hydrogen-bond donors (Lipinski definition) is 0. The minimum Gasteiger partial charge on any atom is -0.497 e. The van der Waals surface area contributed by atoms with Gasteiger partial charge in [-0.25, -0.2) is 16.8 Å². The molecule has 8 aromatic rings. The van der Waals surface area contributed by atoms with Crippen molar-refractivity contribution in [2.75, 3.05) is 14.2 Å². The van der Waals surface area contributed by atoms with E-state index in [2.05, 4.69) is 0 Å². The molecule has 0 amide bonds. The van der Waals surface area contributed by atoms with Gasteiger partial charge in [-0.2, -0.15) is 0 Å². The monoisotopic (exact) mass is 1110 g/mol. The second-order valence-electron chi connectivity index (χ2n) is 14.5. The Balaban J connectivity index is 0.00000349. The lowest BCUT2D eigenvalue weighted by atomic mass is 10.0. The van der Waals surface area contributed by atoms with Crippen LogP contribution in [-0.4, -0.2) is 31.1 Å². The van der Waals surface area contributed by atoms with Crippen molar-refractivity contribution < 1.29 is 40.5 Å². The average molecular weight is 1120 g/mol. The Hall–Kier alpha value is -7.34. The summed E-state index contributed by atoms with van der Waals surface area (Å²) < 4.78 is 81.4. The molecule has 8 aromatic carbocycles. The Labute approximate surface area is 477 Å². The molecule has 0 spiro atoms. The van der Waals surface area contributed by atoms with Gasteiger partial charge in [0, 0.05) is 0 Å². The molecule has 0 aromatic heterocycles. The second-order valence-corrected chi connectivity index (χ2v) is 18.4. The van der Waals surface area contributed by atoms with Gasteiger partial charge in [0.2, 0.25) is 19.7 Å². The summed E-state index contributed by atoms with van der Waals surface area (Å²) in [5.41, 5.74) is 4.45. The average Bonchev–Trinajstić information content (AvgIpc) is 3.54. The van der Waals surface area contributed by atoms with Gasteiger partial charge in [-0.05, 0) is 181 Å². The molecule has 0 radical (unpaired) electrons. The van der Waals surface area contributed by atoms with E-state index >= 15 is 0 Å². The number of benzene rings is 8. The highest BCUT2D eigenvalue weighted by molar-refractivity contribution is 7.91. The van der Waals surface area contributed by atoms with E-state index in [0.717, 1.165) is 28.9 Å². The van der Waals surface area contributed by atoms with Crippen molar-refractivity contribution in [1.29, 1.82) is 0 Å². The van der Waals surface area contributed by atoms with Crippen molar-refractivity contribution in [2.45, 2.75) is 143 Å². The minimum atomic E-state index is -3.78. The highest BCUT2D eigenvalue weighted by atomic mass is 32.2. The zero-order valence-electron chi connectivity index (χ0n) is 50.4.